The van der Waals surface area contributed by atoms with E-state index < -0.39 is 0 Å². The van der Waals surface area contributed by atoms with E-state index in [-0.39, 0.29) is 10.6 Å². The van der Waals surface area contributed by atoms with Crippen LogP contribution in [0.2, 0.25) is 5.02 Å². The van der Waals surface area contributed by atoms with Gasteiger partial charge in [-0.15, -0.1) is 0 Å². The first-order valence-electron chi connectivity index (χ1n) is 7.20. The summed E-state index contributed by atoms with van der Waals surface area (Å²) in [7, 11) is 1.56. The number of nitrogens with one attached hydrogen (secondary N) is 2. The third-order valence-electron chi connectivity index (χ3n) is 3.47. The molecule has 3 rings (SSSR count). The number of aromatic nitrogens is 4. The second kappa shape index (κ2) is 6.66. The van der Waals surface area contributed by atoms with E-state index in [4.69, 9.17) is 11.6 Å². The van der Waals surface area contributed by atoms with E-state index >= 15 is 0 Å². The molecule has 6 nitrogen and oxygen atoms in total. The number of hydrogen-bond acceptors (Lipinski definition) is 4. The van der Waals surface area contributed by atoms with Gasteiger partial charge in [0.2, 0.25) is 0 Å². The standard InChI is InChI=1S/C16H16ClN5O/c1-22-16(23)15(17)13(10-20-22)18-8-7-14-19-9-12(21-14)11-5-3-2-4-6-11/h2-6,9-10,18H,7-8H2,1H3,(H,19,21). The van der Waals surface area contributed by atoms with E-state index in [2.05, 4.69) is 20.4 Å². The number of anilines is 1. The number of H-pyrrole nitrogens is 1. The number of hydrogen-bond donors (Lipinski definition) is 2. The first-order chi connectivity index (χ1) is 11.1. The maximum absolute atomic E-state index is 11.7. The number of aryl methyl sites for hydroxylation is 1. The zero-order valence-corrected chi connectivity index (χ0v) is 13.3. The van der Waals surface area contributed by atoms with Gasteiger partial charge in [-0.1, -0.05) is 41.9 Å². The Kier molecular flexibility index (Phi) is 4.43. The maximum Gasteiger partial charge on any atom is 0.287 e. The zero-order chi connectivity index (χ0) is 16.2. The highest BCUT2D eigenvalue weighted by atomic mass is 35.5. The van der Waals surface area contributed by atoms with Crippen LogP contribution in [-0.4, -0.2) is 26.3 Å². The van der Waals surface area contributed by atoms with Crippen LogP contribution in [0, 0.1) is 0 Å². The third-order valence-corrected chi connectivity index (χ3v) is 3.83. The molecule has 0 bridgehead atoms. The lowest BCUT2D eigenvalue weighted by molar-refractivity contribution is 0.708. The van der Waals surface area contributed by atoms with Crippen LogP contribution in [-0.2, 0) is 13.5 Å². The van der Waals surface area contributed by atoms with Gasteiger partial charge < -0.3 is 10.3 Å². The summed E-state index contributed by atoms with van der Waals surface area (Å²) in [5.41, 5.74) is 2.29. The first-order valence-corrected chi connectivity index (χ1v) is 7.58. The summed E-state index contributed by atoms with van der Waals surface area (Å²) < 4.78 is 1.20. The van der Waals surface area contributed by atoms with Crippen molar-refractivity contribution < 1.29 is 0 Å². The van der Waals surface area contributed by atoms with Gasteiger partial charge in [0.1, 0.15) is 10.8 Å². The Balaban J connectivity index is 1.63. The van der Waals surface area contributed by atoms with E-state index in [0.717, 1.165) is 17.1 Å². The minimum absolute atomic E-state index is 0.145. The average molecular weight is 330 g/mol. The van der Waals surface area contributed by atoms with Crippen LogP contribution in [0.25, 0.3) is 11.3 Å². The molecule has 0 saturated carbocycles. The molecule has 0 saturated heterocycles. The van der Waals surface area contributed by atoms with Crippen molar-refractivity contribution in [3.8, 4) is 11.3 Å². The monoisotopic (exact) mass is 329 g/mol. The molecule has 0 spiro atoms. The molecular formula is C16H16ClN5O. The van der Waals surface area contributed by atoms with E-state index in [1.54, 1.807) is 13.2 Å². The number of benzene rings is 1. The van der Waals surface area contributed by atoms with Gasteiger partial charge in [0.05, 0.1) is 23.8 Å². The summed E-state index contributed by atoms with van der Waals surface area (Å²) in [5.74, 6) is 0.865. The minimum atomic E-state index is -0.318. The Morgan fingerprint density at radius 1 is 1.26 bits per heavy atom. The normalized spacial score (nSPS) is 10.7. The Labute approximate surface area is 138 Å². The number of nitrogens with zero attached hydrogens (tertiary/aromatic N) is 3. The molecule has 2 aromatic heterocycles. The molecule has 0 radical (unpaired) electrons. The molecule has 0 unspecified atom stereocenters. The van der Waals surface area contributed by atoms with Gasteiger partial charge in [0.25, 0.3) is 5.56 Å². The van der Waals surface area contributed by atoms with Crippen LogP contribution in [0.4, 0.5) is 5.69 Å². The highest BCUT2D eigenvalue weighted by molar-refractivity contribution is 6.32. The maximum atomic E-state index is 11.7. The molecule has 1 aromatic carbocycles. The van der Waals surface area contributed by atoms with E-state index in [1.165, 1.54) is 4.68 Å². The van der Waals surface area contributed by atoms with Gasteiger partial charge in [0, 0.05) is 20.0 Å². The molecule has 7 heteroatoms. The van der Waals surface area contributed by atoms with Crippen molar-refractivity contribution in [1.29, 1.82) is 0 Å². The van der Waals surface area contributed by atoms with Crippen LogP contribution in [0.3, 0.4) is 0 Å². The van der Waals surface area contributed by atoms with Crippen molar-refractivity contribution in [2.45, 2.75) is 6.42 Å². The van der Waals surface area contributed by atoms with Crippen LogP contribution in [0.1, 0.15) is 5.82 Å². The summed E-state index contributed by atoms with van der Waals surface area (Å²) in [6.07, 6.45) is 4.04. The van der Waals surface area contributed by atoms with Crippen molar-refractivity contribution in [3.63, 3.8) is 0 Å². The van der Waals surface area contributed by atoms with Crippen molar-refractivity contribution in [1.82, 2.24) is 19.7 Å². The Morgan fingerprint density at radius 2 is 2.04 bits per heavy atom. The Hall–Kier alpha value is -2.60. The average Bonchev–Trinajstić information content (AvgIpc) is 3.05. The summed E-state index contributed by atoms with van der Waals surface area (Å²) in [6, 6.07) is 10.0. The van der Waals surface area contributed by atoms with Gasteiger partial charge in [-0.05, 0) is 5.56 Å². The lowest BCUT2D eigenvalue weighted by Gasteiger charge is -2.07. The van der Waals surface area contributed by atoms with Crippen molar-refractivity contribution in [2.75, 3.05) is 11.9 Å². The molecule has 0 atom stereocenters. The first kappa shape index (κ1) is 15.3. The molecule has 0 aliphatic carbocycles. The van der Waals surface area contributed by atoms with Gasteiger partial charge in [-0.3, -0.25) is 4.79 Å². The molecule has 23 heavy (non-hydrogen) atoms. The summed E-state index contributed by atoms with van der Waals surface area (Å²) in [4.78, 5) is 19.3. The van der Waals surface area contributed by atoms with E-state index in [1.807, 2.05) is 36.5 Å². The smallest absolute Gasteiger partial charge is 0.287 e. The molecule has 0 amide bonds. The quantitative estimate of drug-likeness (QED) is 0.754. The molecule has 0 aliphatic heterocycles. The Morgan fingerprint density at radius 3 is 2.83 bits per heavy atom. The van der Waals surface area contributed by atoms with Crippen LogP contribution < -0.4 is 10.9 Å². The van der Waals surface area contributed by atoms with Crippen molar-refractivity contribution in [2.24, 2.45) is 7.05 Å². The van der Waals surface area contributed by atoms with Gasteiger partial charge in [-0.25, -0.2) is 9.67 Å². The van der Waals surface area contributed by atoms with Gasteiger partial charge in [0.15, 0.2) is 0 Å². The number of halogens is 1. The molecule has 0 fully saturated rings. The molecule has 0 aliphatic rings. The predicted molar refractivity (Wildman–Crippen MR) is 90.7 cm³/mol. The molecular weight excluding hydrogens is 314 g/mol. The number of aromatic amines is 1. The number of imidazole rings is 1. The Bertz CT molecular complexity index is 856. The molecule has 3 aromatic rings. The highest BCUT2D eigenvalue weighted by Crippen LogP contribution is 2.17. The predicted octanol–water partition coefficient (Wildman–Crippen LogP) is 2.48. The molecule has 118 valence electrons. The zero-order valence-electron chi connectivity index (χ0n) is 12.6. The summed E-state index contributed by atoms with van der Waals surface area (Å²) in [6.45, 7) is 0.594. The van der Waals surface area contributed by atoms with E-state index in [9.17, 15) is 4.79 Å². The topological polar surface area (TPSA) is 75.6 Å². The second-order valence-electron chi connectivity index (χ2n) is 5.09. The van der Waals surface area contributed by atoms with Crippen LogP contribution in [0.5, 0.6) is 0 Å². The SMILES string of the molecule is Cn1ncc(NCCc2ncc(-c3ccccc3)[nH]2)c(Cl)c1=O. The summed E-state index contributed by atoms with van der Waals surface area (Å²) in [5, 5.41) is 7.20. The van der Waals surface area contributed by atoms with Crippen molar-refractivity contribution in [3.05, 3.63) is 63.9 Å². The van der Waals surface area contributed by atoms with Crippen LogP contribution >= 0.6 is 11.6 Å². The van der Waals surface area contributed by atoms with E-state index in [0.29, 0.717) is 18.7 Å². The molecule has 2 heterocycles. The largest absolute Gasteiger partial charge is 0.382 e. The third kappa shape index (κ3) is 3.43. The fraction of sp³-hybridized carbons (Fsp3) is 0.188. The lowest BCUT2D eigenvalue weighted by Crippen LogP contribution is -2.21. The fourth-order valence-corrected chi connectivity index (χ4v) is 2.44. The second-order valence-corrected chi connectivity index (χ2v) is 5.47. The van der Waals surface area contributed by atoms with Crippen LogP contribution in [0.15, 0.2) is 47.5 Å². The van der Waals surface area contributed by atoms with Gasteiger partial charge >= 0.3 is 0 Å². The molecule has 2 N–H and O–H groups in total. The lowest BCUT2D eigenvalue weighted by atomic mass is 10.2. The number of rotatable bonds is 5. The summed E-state index contributed by atoms with van der Waals surface area (Å²) >= 11 is 6.01. The van der Waals surface area contributed by atoms with Crippen molar-refractivity contribution >= 4 is 17.3 Å². The highest BCUT2D eigenvalue weighted by Gasteiger charge is 2.07. The fourth-order valence-electron chi connectivity index (χ4n) is 2.20. The minimum Gasteiger partial charge on any atom is -0.382 e. The van der Waals surface area contributed by atoms with Gasteiger partial charge in [-0.2, -0.15) is 5.10 Å².